The fraction of sp³-hybridized carbons (Fsp3) is 0.467. The second-order valence-corrected chi connectivity index (χ2v) is 6.17. The van der Waals surface area contributed by atoms with E-state index in [0.717, 1.165) is 35.9 Å². The van der Waals surface area contributed by atoms with Crippen LogP contribution in [0, 0.1) is 20.8 Å². The number of nitrogens with zero attached hydrogens (tertiary/aromatic N) is 7. The highest BCUT2D eigenvalue weighted by atomic mass is 16.2. The number of carbonyl (C=O) groups excluding carboxylic acids is 1. The molecule has 9 nitrogen and oxygen atoms in total. The molecule has 0 spiro atoms. The summed E-state index contributed by atoms with van der Waals surface area (Å²) >= 11 is 0. The van der Waals surface area contributed by atoms with E-state index >= 15 is 0 Å². The molecule has 4 rings (SSSR count). The number of hydrogen-bond donors (Lipinski definition) is 1. The zero-order chi connectivity index (χ0) is 16.8. The Morgan fingerprint density at radius 2 is 2.08 bits per heavy atom. The summed E-state index contributed by atoms with van der Waals surface area (Å²) in [4.78, 5) is 21.1. The third-order valence-corrected chi connectivity index (χ3v) is 4.29. The van der Waals surface area contributed by atoms with E-state index in [1.807, 2.05) is 31.4 Å². The van der Waals surface area contributed by atoms with Crippen LogP contribution in [-0.2, 0) is 13.0 Å². The predicted octanol–water partition coefficient (Wildman–Crippen LogP) is 0.386. The van der Waals surface area contributed by atoms with Crippen LogP contribution in [0.2, 0.25) is 0 Å². The number of rotatable bonds is 2. The fourth-order valence-electron chi connectivity index (χ4n) is 3.09. The van der Waals surface area contributed by atoms with Gasteiger partial charge in [0.2, 0.25) is 5.82 Å². The molecule has 1 aliphatic rings. The number of aryl methyl sites for hydroxylation is 4. The van der Waals surface area contributed by atoms with Crippen molar-refractivity contribution >= 4 is 11.7 Å². The van der Waals surface area contributed by atoms with Gasteiger partial charge in [0.1, 0.15) is 11.6 Å². The number of fused-ring (bicyclic) bond motifs is 2. The van der Waals surface area contributed by atoms with Crippen molar-refractivity contribution in [3.63, 3.8) is 0 Å². The van der Waals surface area contributed by atoms with Crippen molar-refractivity contribution in [2.24, 2.45) is 0 Å². The number of nitrogens with one attached hydrogen (secondary N) is 1. The minimum absolute atomic E-state index is 0.0158. The molecule has 0 aliphatic carbocycles. The van der Waals surface area contributed by atoms with Crippen LogP contribution in [0.5, 0.6) is 0 Å². The molecular weight excluding hydrogens is 308 g/mol. The number of aromatic nitrogens is 7. The fourth-order valence-corrected chi connectivity index (χ4v) is 3.09. The van der Waals surface area contributed by atoms with E-state index < -0.39 is 0 Å². The highest BCUT2D eigenvalue weighted by molar-refractivity contribution is 5.91. The van der Waals surface area contributed by atoms with Crippen molar-refractivity contribution in [3.05, 3.63) is 34.9 Å². The molecule has 1 N–H and O–H groups in total. The molecule has 1 amide bonds. The van der Waals surface area contributed by atoms with Gasteiger partial charge in [-0.05, 0) is 33.3 Å². The smallest absolute Gasteiger partial charge is 0.291 e. The average molecular weight is 326 g/mol. The molecule has 0 saturated heterocycles. The summed E-state index contributed by atoms with van der Waals surface area (Å²) in [5, 5.41) is 15.5. The van der Waals surface area contributed by atoms with E-state index in [1.165, 1.54) is 0 Å². The first-order valence-corrected chi connectivity index (χ1v) is 7.92. The minimum Gasteiger partial charge on any atom is -0.345 e. The summed E-state index contributed by atoms with van der Waals surface area (Å²) in [6.07, 6.45) is 1.62. The Hall–Kier alpha value is -2.84. The Labute approximate surface area is 138 Å². The van der Waals surface area contributed by atoms with Gasteiger partial charge in [0.25, 0.3) is 11.7 Å². The Morgan fingerprint density at radius 1 is 1.25 bits per heavy atom. The predicted molar refractivity (Wildman–Crippen MR) is 84.6 cm³/mol. The lowest BCUT2D eigenvalue weighted by Crippen LogP contribution is -2.41. The van der Waals surface area contributed by atoms with Crippen LogP contribution in [0.15, 0.2) is 6.07 Å². The maximum atomic E-state index is 12.5. The van der Waals surface area contributed by atoms with Gasteiger partial charge in [0.15, 0.2) is 0 Å². The zero-order valence-electron chi connectivity index (χ0n) is 13.8. The minimum atomic E-state index is -0.281. The first-order valence-electron chi connectivity index (χ1n) is 7.92. The Kier molecular flexibility index (Phi) is 3.29. The molecule has 9 heteroatoms. The van der Waals surface area contributed by atoms with Gasteiger partial charge in [0.05, 0.1) is 0 Å². The van der Waals surface area contributed by atoms with Gasteiger partial charge in [0, 0.05) is 30.4 Å². The van der Waals surface area contributed by atoms with E-state index in [2.05, 4.69) is 30.6 Å². The van der Waals surface area contributed by atoms with Crippen molar-refractivity contribution in [1.82, 2.24) is 39.7 Å². The first kappa shape index (κ1) is 14.7. The molecule has 1 aliphatic heterocycles. The van der Waals surface area contributed by atoms with Gasteiger partial charge in [-0.1, -0.05) is 0 Å². The van der Waals surface area contributed by atoms with Crippen LogP contribution in [0.1, 0.15) is 40.1 Å². The molecule has 1 atom stereocenters. The Morgan fingerprint density at radius 3 is 2.92 bits per heavy atom. The summed E-state index contributed by atoms with van der Waals surface area (Å²) in [6, 6.07) is 1.92. The quantitative estimate of drug-likeness (QED) is 0.730. The highest BCUT2D eigenvalue weighted by Crippen LogP contribution is 2.15. The Bertz CT molecular complexity index is 940. The van der Waals surface area contributed by atoms with Crippen LogP contribution < -0.4 is 5.32 Å². The van der Waals surface area contributed by atoms with Crippen molar-refractivity contribution in [3.8, 4) is 0 Å². The molecule has 0 unspecified atom stereocenters. The molecular formula is C15H18N8O. The molecule has 0 saturated carbocycles. The van der Waals surface area contributed by atoms with E-state index in [1.54, 1.807) is 4.52 Å². The molecule has 0 bridgehead atoms. The third kappa shape index (κ3) is 2.41. The van der Waals surface area contributed by atoms with E-state index in [4.69, 9.17) is 0 Å². The van der Waals surface area contributed by atoms with Gasteiger partial charge in [-0.3, -0.25) is 4.79 Å². The number of carbonyl (C=O) groups is 1. The molecule has 0 fully saturated rings. The lowest BCUT2D eigenvalue weighted by molar-refractivity contribution is 0.0917. The van der Waals surface area contributed by atoms with Gasteiger partial charge in [-0.2, -0.15) is 4.98 Å². The van der Waals surface area contributed by atoms with Gasteiger partial charge >= 0.3 is 0 Å². The number of amides is 1. The third-order valence-electron chi connectivity index (χ3n) is 4.29. The van der Waals surface area contributed by atoms with E-state index in [-0.39, 0.29) is 17.8 Å². The summed E-state index contributed by atoms with van der Waals surface area (Å²) in [6.45, 7) is 6.39. The Balaban J connectivity index is 1.55. The van der Waals surface area contributed by atoms with Gasteiger partial charge in [-0.25, -0.2) is 9.50 Å². The SMILES string of the molecule is Cc1cc(C)n2nc(C(=O)N[C@H]3CCc4nnc(C)n4C3)nc2n1. The van der Waals surface area contributed by atoms with E-state index in [0.29, 0.717) is 12.3 Å². The van der Waals surface area contributed by atoms with Crippen molar-refractivity contribution in [2.75, 3.05) is 0 Å². The summed E-state index contributed by atoms with van der Waals surface area (Å²) in [5.74, 6) is 2.14. The van der Waals surface area contributed by atoms with Crippen LogP contribution in [0.4, 0.5) is 0 Å². The van der Waals surface area contributed by atoms with Crippen LogP contribution >= 0.6 is 0 Å². The molecule has 0 aromatic carbocycles. The molecule has 3 aromatic heterocycles. The van der Waals surface area contributed by atoms with Crippen molar-refractivity contribution in [1.29, 1.82) is 0 Å². The molecule has 4 heterocycles. The van der Waals surface area contributed by atoms with Crippen LogP contribution in [0.3, 0.4) is 0 Å². The molecule has 0 radical (unpaired) electrons. The van der Waals surface area contributed by atoms with Gasteiger partial charge < -0.3 is 9.88 Å². The van der Waals surface area contributed by atoms with E-state index in [9.17, 15) is 4.79 Å². The van der Waals surface area contributed by atoms with Crippen molar-refractivity contribution in [2.45, 2.75) is 46.2 Å². The van der Waals surface area contributed by atoms with Crippen LogP contribution in [0.25, 0.3) is 5.78 Å². The van der Waals surface area contributed by atoms with Crippen molar-refractivity contribution < 1.29 is 4.79 Å². The maximum Gasteiger partial charge on any atom is 0.291 e. The maximum absolute atomic E-state index is 12.5. The summed E-state index contributed by atoms with van der Waals surface area (Å²) in [7, 11) is 0. The lowest BCUT2D eigenvalue weighted by atomic mass is 10.1. The number of hydrogen-bond acceptors (Lipinski definition) is 6. The normalized spacial score (nSPS) is 17.0. The second kappa shape index (κ2) is 5.36. The second-order valence-electron chi connectivity index (χ2n) is 6.17. The molecule has 124 valence electrons. The standard InChI is InChI=1S/C15H18N8O/c1-8-6-9(2)23-15(16-8)18-13(21-23)14(24)17-11-4-5-12-20-19-10(3)22(12)7-11/h6,11H,4-5,7H2,1-3H3,(H,17,24)/t11-/m0/s1. The summed E-state index contributed by atoms with van der Waals surface area (Å²) < 4.78 is 3.63. The lowest BCUT2D eigenvalue weighted by Gasteiger charge is -2.24. The highest BCUT2D eigenvalue weighted by Gasteiger charge is 2.24. The first-order chi connectivity index (χ1) is 11.5. The van der Waals surface area contributed by atoms with Gasteiger partial charge in [-0.15, -0.1) is 15.3 Å². The molecule has 3 aromatic rings. The molecule has 24 heavy (non-hydrogen) atoms. The van der Waals surface area contributed by atoms with Crippen LogP contribution in [-0.4, -0.2) is 46.3 Å². The largest absolute Gasteiger partial charge is 0.345 e. The average Bonchev–Trinajstić information content (AvgIpc) is 3.12. The topological polar surface area (TPSA) is 103 Å². The summed E-state index contributed by atoms with van der Waals surface area (Å²) in [5.41, 5.74) is 1.74. The monoisotopic (exact) mass is 326 g/mol. The zero-order valence-corrected chi connectivity index (χ0v) is 13.8.